The van der Waals surface area contributed by atoms with Gasteiger partial charge in [0, 0.05) is 6.92 Å². The van der Waals surface area contributed by atoms with Crippen LogP contribution in [0.5, 0.6) is 0 Å². The van der Waals surface area contributed by atoms with Crippen molar-refractivity contribution in [2.75, 3.05) is 40.9 Å². The van der Waals surface area contributed by atoms with Gasteiger partial charge in [-0.2, -0.15) is 0 Å². The summed E-state index contributed by atoms with van der Waals surface area (Å²) in [5.41, 5.74) is 0. The van der Waals surface area contributed by atoms with Crippen LogP contribution in [0.2, 0.25) is 0 Å². The lowest BCUT2D eigenvalue weighted by Gasteiger charge is -2.28. The number of unbranched alkanes of at least 4 members (excludes halogenated alkanes) is 15. The Kier molecular flexibility index (Phi) is 22.0. The van der Waals surface area contributed by atoms with Gasteiger partial charge in [-0.1, -0.05) is 110 Å². The molecule has 0 aliphatic rings. The Balaban J connectivity index is 4.15. The number of carbonyl (C=O) groups excluding carboxylic acids is 1. The Morgan fingerprint density at radius 3 is 1.59 bits per heavy atom. The Morgan fingerprint density at radius 2 is 1.22 bits per heavy atom. The van der Waals surface area contributed by atoms with Gasteiger partial charge in [0.2, 0.25) is 0 Å². The number of ether oxygens (including phenoxy) is 1. The lowest BCUT2D eigenvalue weighted by Crippen LogP contribution is -2.38. The van der Waals surface area contributed by atoms with Crippen LogP contribution in [-0.4, -0.2) is 73.6 Å². The number of phosphoric ester groups is 1. The van der Waals surface area contributed by atoms with Gasteiger partial charge in [-0.25, -0.2) is 4.57 Å². The largest absolute Gasteiger partial charge is 0.472 e. The molecule has 222 valence electrons. The number of aliphatic hydroxyl groups excluding tert-OH is 1. The molecule has 2 N–H and O–H groups in total. The van der Waals surface area contributed by atoms with E-state index in [1.54, 1.807) is 0 Å². The van der Waals surface area contributed by atoms with E-state index in [2.05, 4.69) is 6.92 Å². The van der Waals surface area contributed by atoms with Gasteiger partial charge in [0.05, 0.1) is 27.7 Å². The lowest BCUT2D eigenvalue weighted by molar-refractivity contribution is -0.870. The summed E-state index contributed by atoms with van der Waals surface area (Å²) in [4.78, 5) is 21.6. The molecule has 0 aromatic rings. The van der Waals surface area contributed by atoms with E-state index in [0.717, 1.165) is 19.3 Å². The first-order valence-corrected chi connectivity index (χ1v) is 16.2. The van der Waals surface area contributed by atoms with Gasteiger partial charge in [0.15, 0.2) is 6.10 Å². The summed E-state index contributed by atoms with van der Waals surface area (Å²) in [6.07, 6.45) is 18.6. The number of phosphoric acid groups is 1. The Hall–Kier alpha value is -0.500. The van der Waals surface area contributed by atoms with Crippen molar-refractivity contribution in [3.63, 3.8) is 0 Å². The number of esters is 1. The summed E-state index contributed by atoms with van der Waals surface area (Å²) < 4.78 is 28.7. The highest BCUT2D eigenvalue weighted by molar-refractivity contribution is 7.47. The Labute approximate surface area is 227 Å². The fourth-order valence-electron chi connectivity index (χ4n) is 4.28. The molecule has 0 fully saturated rings. The minimum atomic E-state index is -4.35. The number of likely N-dealkylation sites (N-methyl/N-ethyl adjacent to an activating group) is 1. The maximum Gasteiger partial charge on any atom is 0.472 e. The fourth-order valence-corrected chi connectivity index (χ4v) is 5.23. The summed E-state index contributed by atoms with van der Waals surface area (Å²) in [6, 6.07) is 0. The van der Waals surface area contributed by atoms with Crippen LogP contribution in [0.3, 0.4) is 0 Å². The molecule has 0 saturated heterocycles. The highest BCUT2D eigenvalue weighted by Crippen LogP contribution is 2.46. The summed E-state index contributed by atoms with van der Waals surface area (Å²) >= 11 is 0. The number of nitrogens with zero attached hydrogens (tertiary/aromatic N) is 1. The average Bonchev–Trinajstić information content (AvgIpc) is 2.80. The molecule has 0 aliphatic heterocycles. The molecule has 9 heteroatoms. The van der Waals surface area contributed by atoms with Gasteiger partial charge in [0.1, 0.15) is 19.3 Å². The molecule has 0 amide bonds. The molecule has 0 aromatic heterocycles. The maximum absolute atomic E-state index is 12.5. The van der Waals surface area contributed by atoms with Gasteiger partial charge in [-0.15, -0.1) is 0 Å². The molecular weight excluding hydrogens is 493 g/mol. The van der Waals surface area contributed by atoms with E-state index in [-0.39, 0.29) is 6.61 Å². The smallest absolute Gasteiger partial charge is 0.457 e. The molecule has 8 nitrogen and oxygen atoms in total. The molecule has 0 bridgehead atoms. The average molecular weight is 553 g/mol. The molecular formula is C28H59NO7P+. The van der Waals surface area contributed by atoms with E-state index >= 15 is 0 Å². The second-order valence-electron chi connectivity index (χ2n) is 11.4. The van der Waals surface area contributed by atoms with Crippen LogP contribution < -0.4 is 0 Å². The third-order valence-corrected chi connectivity index (χ3v) is 7.59. The maximum atomic E-state index is 12.5. The summed E-state index contributed by atoms with van der Waals surface area (Å²) in [5.74, 6) is -0.571. The van der Waals surface area contributed by atoms with Crippen LogP contribution in [0.25, 0.3) is 0 Å². The van der Waals surface area contributed by atoms with Gasteiger partial charge in [0.25, 0.3) is 0 Å². The van der Waals surface area contributed by atoms with E-state index in [9.17, 15) is 19.4 Å². The minimum Gasteiger partial charge on any atom is -0.457 e. The molecule has 0 heterocycles. The van der Waals surface area contributed by atoms with Crippen molar-refractivity contribution in [1.82, 2.24) is 0 Å². The van der Waals surface area contributed by atoms with Crippen LogP contribution in [0.1, 0.15) is 123 Å². The van der Waals surface area contributed by atoms with Crippen LogP contribution in [0.15, 0.2) is 0 Å². The van der Waals surface area contributed by atoms with E-state index in [1.807, 2.05) is 21.1 Å². The van der Waals surface area contributed by atoms with E-state index < -0.39 is 32.6 Å². The predicted octanol–water partition coefficient (Wildman–Crippen LogP) is 6.77. The zero-order valence-corrected chi connectivity index (χ0v) is 25.5. The number of quaternary nitrogens is 1. The molecule has 0 aliphatic carbocycles. The SMILES string of the molecule is CCCCCCCCCCCCCCCCCCC(OP(=O)(O)OCC[N+](C)(C)C)[C@H](CO)OC(C)=O. The quantitative estimate of drug-likeness (QED) is 0.0528. The van der Waals surface area contributed by atoms with Crippen molar-refractivity contribution in [3.05, 3.63) is 0 Å². The van der Waals surface area contributed by atoms with E-state index in [1.165, 1.54) is 90.4 Å². The first kappa shape index (κ1) is 36.5. The van der Waals surface area contributed by atoms with Crippen molar-refractivity contribution in [1.29, 1.82) is 0 Å². The standard InChI is InChI=1S/C28H58NO7P/c1-6-7-8-9-10-11-12-13-14-15-16-17-18-19-20-21-22-27(28(25-30)35-26(2)31)36-37(32,33)34-24-23-29(3,4)5/h27-28,30H,6-25H2,1-5H3/p+1/t27?,28-/m0/s1. The zero-order valence-electron chi connectivity index (χ0n) is 24.6. The van der Waals surface area contributed by atoms with Crippen LogP contribution >= 0.6 is 7.82 Å². The second-order valence-corrected chi connectivity index (χ2v) is 12.8. The summed E-state index contributed by atoms with van der Waals surface area (Å²) in [5, 5.41) is 9.69. The summed E-state index contributed by atoms with van der Waals surface area (Å²) in [6.45, 7) is 3.60. The van der Waals surface area contributed by atoms with Crippen LogP contribution in [-0.2, 0) is 23.1 Å². The van der Waals surface area contributed by atoms with Crippen molar-refractivity contribution >= 4 is 13.8 Å². The van der Waals surface area contributed by atoms with Crippen LogP contribution in [0, 0.1) is 0 Å². The van der Waals surface area contributed by atoms with Gasteiger partial charge in [-0.05, 0) is 6.42 Å². The molecule has 37 heavy (non-hydrogen) atoms. The molecule has 0 rings (SSSR count). The third-order valence-electron chi connectivity index (χ3n) is 6.54. The first-order chi connectivity index (χ1) is 17.5. The number of carbonyl (C=O) groups is 1. The molecule has 3 atom stereocenters. The topological polar surface area (TPSA) is 102 Å². The Bertz CT molecular complexity index is 598. The number of rotatable bonds is 26. The zero-order chi connectivity index (χ0) is 28.0. The number of hydrogen-bond donors (Lipinski definition) is 2. The van der Waals surface area contributed by atoms with Crippen LogP contribution in [0.4, 0.5) is 0 Å². The second kappa shape index (κ2) is 22.3. The van der Waals surface area contributed by atoms with E-state index in [4.69, 9.17) is 13.8 Å². The highest BCUT2D eigenvalue weighted by atomic mass is 31.2. The van der Waals surface area contributed by atoms with Crippen molar-refractivity contribution in [2.24, 2.45) is 0 Å². The third kappa shape index (κ3) is 24.3. The molecule has 0 saturated carbocycles. The lowest BCUT2D eigenvalue weighted by atomic mass is 10.0. The Morgan fingerprint density at radius 1 is 0.784 bits per heavy atom. The first-order valence-electron chi connectivity index (χ1n) is 14.7. The normalized spacial score (nSPS) is 15.3. The monoisotopic (exact) mass is 552 g/mol. The highest BCUT2D eigenvalue weighted by Gasteiger charge is 2.33. The van der Waals surface area contributed by atoms with E-state index in [0.29, 0.717) is 17.4 Å². The molecule has 2 unspecified atom stereocenters. The van der Waals surface area contributed by atoms with Crippen molar-refractivity contribution < 1.29 is 37.6 Å². The van der Waals surface area contributed by atoms with Gasteiger partial charge >= 0.3 is 13.8 Å². The minimum absolute atomic E-state index is 0.0560. The summed E-state index contributed by atoms with van der Waals surface area (Å²) in [7, 11) is 1.51. The molecule has 0 spiro atoms. The van der Waals surface area contributed by atoms with Crippen molar-refractivity contribution in [2.45, 2.75) is 135 Å². The fraction of sp³-hybridized carbons (Fsp3) is 0.964. The number of hydrogen-bond acceptors (Lipinski definition) is 6. The number of aliphatic hydroxyl groups is 1. The van der Waals surface area contributed by atoms with Crippen molar-refractivity contribution in [3.8, 4) is 0 Å². The predicted molar refractivity (Wildman–Crippen MR) is 150 cm³/mol. The van der Waals surface area contributed by atoms with Gasteiger partial charge < -0.3 is 19.2 Å². The van der Waals surface area contributed by atoms with Gasteiger partial charge in [-0.3, -0.25) is 13.8 Å². The molecule has 0 radical (unpaired) electrons. The molecule has 0 aromatic carbocycles.